The Labute approximate surface area is 118 Å². The van der Waals surface area contributed by atoms with E-state index < -0.39 is 9.84 Å². The molecule has 8 heteroatoms. The summed E-state index contributed by atoms with van der Waals surface area (Å²) in [6.45, 7) is 6.73. The summed E-state index contributed by atoms with van der Waals surface area (Å²) in [5.74, 6) is 0.151. The molecule has 0 atom stereocenters. The van der Waals surface area contributed by atoms with Gasteiger partial charge in [-0.2, -0.15) is 4.37 Å². The smallest absolute Gasteiger partial charge is 0.185 e. The molecular weight excluding hydrogens is 286 g/mol. The Morgan fingerprint density at radius 3 is 2.74 bits per heavy atom. The Morgan fingerprint density at radius 1 is 1.47 bits per heavy atom. The lowest BCUT2D eigenvalue weighted by Gasteiger charge is -2.09. The molecule has 0 unspecified atom stereocenters. The number of anilines is 2. The SMILES string of the molecule is CCCS(=O)(=O)c1c(N)nsc1NCCOC(C)C. The number of hydrogen-bond acceptors (Lipinski definition) is 7. The maximum atomic E-state index is 12.1. The maximum absolute atomic E-state index is 12.1. The standard InChI is InChI=1S/C11H21N3O3S2/c1-4-7-19(15,16)9-10(12)14-18-11(9)13-5-6-17-8(2)3/h8,13H,4-7H2,1-3H3,(H2,12,14). The number of nitrogens with one attached hydrogen (secondary N) is 1. The van der Waals surface area contributed by atoms with Gasteiger partial charge in [0.05, 0.1) is 18.5 Å². The van der Waals surface area contributed by atoms with Crippen molar-refractivity contribution in [1.29, 1.82) is 0 Å². The zero-order valence-corrected chi connectivity index (χ0v) is 13.1. The Balaban J connectivity index is 2.75. The van der Waals surface area contributed by atoms with Gasteiger partial charge in [-0.05, 0) is 31.8 Å². The van der Waals surface area contributed by atoms with Crippen molar-refractivity contribution in [3.8, 4) is 0 Å². The van der Waals surface area contributed by atoms with Gasteiger partial charge in [0.25, 0.3) is 0 Å². The molecule has 0 bridgehead atoms. The molecule has 6 nitrogen and oxygen atoms in total. The molecule has 0 amide bonds. The zero-order valence-electron chi connectivity index (χ0n) is 11.5. The van der Waals surface area contributed by atoms with Gasteiger partial charge in [-0.25, -0.2) is 8.42 Å². The first-order valence-corrected chi connectivity index (χ1v) is 8.64. The lowest BCUT2D eigenvalue weighted by molar-refractivity contribution is 0.0871. The number of aromatic nitrogens is 1. The fourth-order valence-corrected chi connectivity index (χ4v) is 4.18. The number of nitrogens with zero attached hydrogens (tertiary/aromatic N) is 1. The fourth-order valence-electron chi connectivity index (χ4n) is 1.54. The van der Waals surface area contributed by atoms with Crippen molar-refractivity contribution >= 4 is 32.2 Å². The Kier molecular flexibility index (Phi) is 6.02. The Bertz CT molecular complexity index is 497. The third-order valence-electron chi connectivity index (χ3n) is 2.30. The van der Waals surface area contributed by atoms with Crippen LogP contribution >= 0.6 is 11.5 Å². The molecule has 0 saturated carbocycles. The Hall–Kier alpha value is -0.860. The van der Waals surface area contributed by atoms with Crippen LogP contribution in [0.4, 0.5) is 10.8 Å². The first kappa shape index (κ1) is 16.2. The minimum atomic E-state index is -3.36. The number of nitrogen functional groups attached to an aromatic ring is 1. The van der Waals surface area contributed by atoms with Gasteiger partial charge < -0.3 is 15.8 Å². The zero-order chi connectivity index (χ0) is 14.5. The molecule has 3 N–H and O–H groups in total. The van der Waals surface area contributed by atoms with Gasteiger partial charge in [-0.15, -0.1) is 0 Å². The third-order valence-corrected chi connectivity index (χ3v) is 5.23. The van der Waals surface area contributed by atoms with Gasteiger partial charge in [-0.1, -0.05) is 6.92 Å². The molecule has 1 rings (SSSR count). The summed E-state index contributed by atoms with van der Waals surface area (Å²) in [6, 6.07) is 0. The molecule has 0 aromatic carbocycles. The summed E-state index contributed by atoms with van der Waals surface area (Å²) in [7, 11) is -3.36. The summed E-state index contributed by atoms with van der Waals surface area (Å²) in [5, 5.41) is 3.52. The fraction of sp³-hybridized carbons (Fsp3) is 0.727. The molecule has 0 aliphatic rings. The summed E-state index contributed by atoms with van der Waals surface area (Å²) < 4.78 is 33.5. The van der Waals surface area contributed by atoms with Crippen LogP contribution in [-0.4, -0.2) is 37.8 Å². The molecule has 0 aliphatic carbocycles. The van der Waals surface area contributed by atoms with E-state index in [2.05, 4.69) is 9.69 Å². The lowest BCUT2D eigenvalue weighted by atomic mass is 10.5. The van der Waals surface area contributed by atoms with Crippen molar-refractivity contribution in [3.05, 3.63) is 0 Å². The van der Waals surface area contributed by atoms with E-state index in [9.17, 15) is 8.42 Å². The van der Waals surface area contributed by atoms with Crippen molar-refractivity contribution < 1.29 is 13.2 Å². The van der Waals surface area contributed by atoms with Crippen LogP contribution in [0.25, 0.3) is 0 Å². The predicted molar refractivity (Wildman–Crippen MR) is 78.4 cm³/mol. The van der Waals surface area contributed by atoms with Crippen molar-refractivity contribution in [2.24, 2.45) is 0 Å². The monoisotopic (exact) mass is 307 g/mol. The highest BCUT2D eigenvalue weighted by Crippen LogP contribution is 2.32. The maximum Gasteiger partial charge on any atom is 0.185 e. The number of ether oxygens (including phenoxy) is 1. The van der Waals surface area contributed by atoms with E-state index in [0.717, 1.165) is 11.5 Å². The van der Waals surface area contributed by atoms with Crippen LogP contribution in [0, 0.1) is 0 Å². The van der Waals surface area contributed by atoms with Crippen LogP contribution < -0.4 is 11.1 Å². The molecule has 1 heterocycles. The molecule has 0 spiro atoms. The predicted octanol–water partition coefficient (Wildman–Crippen LogP) is 1.75. The van der Waals surface area contributed by atoms with E-state index in [1.807, 2.05) is 20.8 Å². The molecule has 1 aromatic rings. The molecule has 1 aromatic heterocycles. The van der Waals surface area contributed by atoms with Crippen molar-refractivity contribution in [2.75, 3.05) is 30.0 Å². The van der Waals surface area contributed by atoms with Crippen LogP contribution in [0.1, 0.15) is 27.2 Å². The van der Waals surface area contributed by atoms with Crippen molar-refractivity contribution in [1.82, 2.24) is 4.37 Å². The second-order valence-electron chi connectivity index (χ2n) is 4.39. The van der Waals surface area contributed by atoms with Gasteiger partial charge in [0.1, 0.15) is 9.90 Å². The Morgan fingerprint density at radius 2 is 2.16 bits per heavy atom. The van der Waals surface area contributed by atoms with E-state index >= 15 is 0 Å². The average molecular weight is 307 g/mol. The van der Waals surface area contributed by atoms with Gasteiger partial charge in [0.2, 0.25) is 0 Å². The highest BCUT2D eigenvalue weighted by atomic mass is 32.2. The average Bonchev–Trinajstić information content (AvgIpc) is 2.66. The largest absolute Gasteiger partial charge is 0.382 e. The van der Waals surface area contributed by atoms with E-state index in [-0.39, 0.29) is 22.6 Å². The first-order chi connectivity index (χ1) is 8.88. The van der Waals surface area contributed by atoms with Crippen LogP contribution in [0.5, 0.6) is 0 Å². The van der Waals surface area contributed by atoms with Crippen LogP contribution in [0.2, 0.25) is 0 Å². The number of sulfone groups is 1. The van der Waals surface area contributed by atoms with Crippen molar-refractivity contribution in [2.45, 2.75) is 38.2 Å². The number of rotatable bonds is 8. The normalized spacial score (nSPS) is 12.0. The van der Waals surface area contributed by atoms with Crippen LogP contribution in [0.3, 0.4) is 0 Å². The van der Waals surface area contributed by atoms with Gasteiger partial charge >= 0.3 is 0 Å². The molecule has 19 heavy (non-hydrogen) atoms. The quantitative estimate of drug-likeness (QED) is 0.711. The molecular formula is C11H21N3O3S2. The van der Waals surface area contributed by atoms with Crippen molar-refractivity contribution in [3.63, 3.8) is 0 Å². The van der Waals surface area contributed by atoms with E-state index in [4.69, 9.17) is 10.5 Å². The molecule has 0 aliphatic heterocycles. The molecule has 0 radical (unpaired) electrons. The van der Waals surface area contributed by atoms with E-state index in [1.54, 1.807) is 0 Å². The van der Waals surface area contributed by atoms with Gasteiger partial charge in [0.15, 0.2) is 15.7 Å². The summed E-state index contributed by atoms with van der Waals surface area (Å²) >= 11 is 1.07. The summed E-state index contributed by atoms with van der Waals surface area (Å²) in [5.41, 5.74) is 5.66. The highest BCUT2D eigenvalue weighted by Gasteiger charge is 2.24. The molecule has 0 saturated heterocycles. The first-order valence-electron chi connectivity index (χ1n) is 6.21. The minimum absolute atomic E-state index is 0.0747. The summed E-state index contributed by atoms with van der Waals surface area (Å²) in [4.78, 5) is 0.129. The molecule has 0 fully saturated rings. The number of hydrogen-bond donors (Lipinski definition) is 2. The van der Waals surface area contributed by atoms with E-state index in [1.165, 1.54) is 0 Å². The second kappa shape index (κ2) is 7.06. The molecule has 110 valence electrons. The van der Waals surface area contributed by atoms with Gasteiger partial charge in [-0.3, -0.25) is 0 Å². The second-order valence-corrected chi connectivity index (χ2v) is 7.21. The van der Waals surface area contributed by atoms with Crippen LogP contribution in [-0.2, 0) is 14.6 Å². The van der Waals surface area contributed by atoms with Crippen LogP contribution in [0.15, 0.2) is 4.90 Å². The number of nitrogens with two attached hydrogens (primary N) is 1. The highest BCUT2D eigenvalue weighted by molar-refractivity contribution is 7.91. The lowest BCUT2D eigenvalue weighted by Crippen LogP contribution is -2.15. The topological polar surface area (TPSA) is 94.3 Å². The van der Waals surface area contributed by atoms with Gasteiger partial charge in [0, 0.05) is 6.54 Å². The third kappa shape index (κ3) is 4.63. The summed E-state index contributed by atoms with van der Waals surface area (Å²) in [6.07, 6.45) is 0.699. The minimum Gasteiger partial charge on any atom is -0.382 e. The van der Waals surface area contributed by atoms with E-state index in [0.29, 0.717) is 24.6 Å².